The summed E-state index contributed by atoms with van der Waals surface area (Å²) >= 11 is 0. The summed E-state index contributed by atoms with van der Waals surface area (Å²) in [4.78, 5) is 5.29. The first-order valence-corrected chi connectivity index (χ1v) is 24.7. The Morgan fingerprint density at radius 3 is 1.18 bits per heavy atom. The number of hydrogen-bond donors (Lipinski definition) is 6. The molecule has 2 atom stereocenters. The summed E-state index contributed by atoms with van der Waals surface area (Å²) in [5.41, 5.74) is 11.2. The summed E-state index contributed by atoms with van der Waals surface area (Å²) < 4.78 is 0. The first-order chi connectivity index (χ1) is 27.8. The molecule has 57 heavy (non-hydrogen) atoms. The highest BCUT2D eigenvalue weighted by atomic mass is 15.2. The minimum absolute atomic E-state index is 0.0642. The number of nitrogens with zero attached hydrogens (tertiary/aromatic N) is 2. The zero-order valence-electron chi connectivity index (χ0n) is 38.7. The van der Waals surface area contributed by atoms with Gasteiger partial charge in [-0.1, -0.05) is 161 Å². The SMILES string of the molecule is CCCCCCCC/C=C\CCCCCCCCN(CCCCN(CCCCCCCC/C=C\CCCCCCCC)C(C)CNC(=N)N)CC(C)CNC(=N)N. The van der Waals surface area contributed by atoms with Crippen molar-refractivity contribution in [2.24, 2.45) is 17.4 Å². The van der Waals surface area contributed by atoms with Crippen molar-refractivity contribution >= 4 is 11.9 Å². The van der Waals surface area contributed by atoms with E-state index in [1.165, 1.54) is 193 Å². The molecular weight excluding hydrogens is 701 g/mol. The summed E-state index contributed by atoms with van der Waals surface area (Å²) in [6, 6.07) is 0.354. The molecule has 8 heteroatoms. The fourth-order valence-electron chi connectivity index (χ4n) is 7.82. The molecule has 0 saturated heterocycles. The number of allylic oxidation sites excluding steroid dienone is 4. The Hall–Kier alpha value is -2.06. The molecule has 0 spiro atoms. The van der Waals surface area contributed by atoms with Crippen LogP contribution >= 0.6 is 0 Å². The summed E-state index contributed by atoms with van der Waals surface area (Å²) in [5, 5.41) is 21.3. The zero-order valence-corrected chi connectivity index (χ0v) is 38.7. The third kappa shape index (κ3) is 41.9. The minimum Gasteiger partial charge on any atom is -0.370 e. The Labute approximate surface area is 356 Å². The minimum atomic E-state index is 0.0642. The maximum atomic E-state index is 7.66. The fraction of sp³-hybridized carbons (Fsp3) is 0.878. The number of unbranched alkanes of at least 4 members (excludes halogenated alkanes) is 25. The number of hydrogen-bond acceptors (Lipinski definition) is 4. The van der Waals surface area contributed by atoms with Gasteiger partial charge in [0.05, 0.1) is 0 Å². The number of nitrogens with two attached hydrogens (primary N) is 2. The molecule has 2 unspecified atom stereocenters. The van der Waals surface area contributed by atoms with Crippen molar-refractivity contribution in [3.05, 3.63) is 24.3 Å². The Morgan fingerprint density at radius 1 is 0.456 bits per heavy atom. The first-order valence-electron chi connectivity index (χ1n) is 24.7. The van der Waals surface area contributed by atoms with Gasteiger partial charge in [-0.25, -0.2) is 0 Å². The van der Waals surface area contributed by atoms with Crippen LogP contribution in [0.5, 0.6) is 0 Å². The van der Waals surface area contributed by atoms with Crippen LogP contribution in [0.1, 0.15) is 220 Å². The smallest absolute Gasteiger partial charge is 0.185 e. The van der Waals surface area contributed by atoms with Gasteiger partial charge >= 0.3 is 0 Å². The maximum Gasteiger partial charge on any atom is 0.185 e. The van der Waals surface area contributed by atoms with E-state index in [0.717, 1.165) is 45.8 Å². The lowest BCUT2D eigenvalue weighted by Gasteiger charge is -2.30. The number of guanidine groups is 2. The van der Waals surface area contributed by atoms with Gasteiger partial charge in [-0.2, -0.15) is 0 Å². The van der Waals surface area contributed by atoms with Gasteiger partial charge in [0.15, 0.2) is 11.9 Å². The average Bonchev–Trinajstić information content (AvgIpc) is 3.19. The van der Waals surface area contributed by atoms with Crippen LogP contribution in [0.3, 0.4) is 0 Å². The van der Waals surface area contributed by atoms with Crippen LogP contribution in [0.2, 0.25) is 0 Å². The molecule has 0 aliphatic carbocycles. The molecule has 8 nitrogen and oxygen atoms in total. The highest BCUT2D eigenvalue weighted by molar-refractivity contribution is 5.74. The van der Waals surface area contributed by atoms with Crippen LogP contribution < -0.4 is 22.1 Å². The number of rotatable bonds is 44. The topological polar surface area (TPSA) is 130 Å². The summed E-state index contributed by atoms with van der Waals surface area (Å²) in [7, 11) is 0. The van der Waals surface area contributed by atoms with E-state index in [9.17, 15) is 0 Å². The lowest BCUT2D eigenvalue weighted by Crippen LogP contribution is -2.44. The van der Waals surface area contributed by atoms with Crippen LogP contribution in [0.25, 0.3) is 0 Å². The Balaban J connectivity index is 4.47. The van der Waals surface area contributed by atoms with Crippen LogP contribution in [-0.4, -0.2) is 73.6 Å². The van der Waals surface area contributed by atoms with E-state index >= 15 is 0 Å². The van der Waals surface area contributed by atoms with Crippen LogP contribution in [0.15, 0.2) is 24.3 Å². The van der Waals surface area contributed by atoms with Crippen molar-refractivity contribution in [2.75, 3.05) is 45.8 Å². The van der Waals surface area contributed by atoms with Gasteiger partial charge in [0, 0.05) is 25.7 Å². The molecule has 0 aromatic heterocycles. The highest BCUT2D eigenvalue weighted by Gasteiger charge is 2.15. The molecule has 0 radical (unpaired) electrons. The molecule has 0 aromatic rings. The third-order valence-corrected chi connectivity index (χ3v) is 11.5. The van der Waals surface area contributed by atoms with Gasteiger partial charge in [0.1, 0.15) is 0 Å². The largest absolute Gasteiger partial charge is 0.370 e. The monoisotopic (exact) mass is 801 g/mol. The second-order valence-corrected chi connectivity index (χ2v) is 17.5. The molecule has 0 fully saturated rings. The Kier molecular flexibility index (Phi) is 41.9. The van der Waals surface area contributed by atoms with E-state index < -0.39 is 0 Å². The normalized spacial score (nSPS) is 13.0. The maximum absolute atomic E-state index is 7.66. The van der Waals surface area contributed by atoms with Gasteiger partial charge in [-0.05, 0) is 116 Å². The molecule has 0 aliphatic heterocycles. The third-order valence-electron chi connectivity index (χ3n) is 11.5. The van der Waals surface area contributed by atoms with E-state index in [1.807, 2.05) is 0 Å². The van der Waals surface area contributed by atoms with E-state index in [1.54, 1.807) is 0 Å². The van der Waals surface area contributed by atoms with Crippen molar-refractivity contribution in [1.82, 2.24) is 20.4 Å². The van der Waals surface area contributed by atoms with Gasteiger partial charge in [0.2, 0.25) is 0 Å². The number of nitrogens with one attached hydrogen (secondary N) is 4. The average molecular weight is 801 g/mol. The predicted molar refractivity (Wildman–Crippen MR) is 255 cm³/mol. The van der Waals surface area contributed by atoms with E-state index in [0.29, 0.717) is 12.0 Å². The predicted octanol–water partition coefficient (Wildman–Crippen LogP) is 12.4. The van der Waals surface area contributed by atoms with Gasteiger partial charge in [0.25, 0.3) is 0 Å². The van der Waals surface area contributed by atoms with Crippen molar-refractivity contribution in [3.8, 4) is 0 Å². The van der Waals surface area contributed by atoms with Crippen molar-refractivity contribution in [3.63, 3.8) is 0 Å². The van der Waals surface area contributed by atoms with Crippen molar-refractivity contribution < 1.29 is 0 Å². The Morgan fingerprint density at radius 2 is 0.772 bits per heavy atom. The summed E-state index contributed by atoms with van der Waals surface area (Å²) in [6.07, 6.45) is 49.6. The van der Waals surface area contributed by atoms with Crippen LogP contribution in [0.4, 0.5) is 0 Å². The molecule has 0 bridgehead atoms. The van der Waals surface area contributed by atoms with E-state index in [4.69, 9.17) is 22.3 Å². The molecule has 8 N–H and O–H groups in total. The van der Waals surface area contributed by atoms with Crippen LogP contribution in [-0.2, 0) is 0 Å². The summed E-state index contributed by atoms with van der Waals surface area (Å²) in [6.45, 7) is 16.1. The van der Waals surface area contributed by atoms with Crippen LogP contribution in [0, 0.1) is 16.7 Å². The molecule has 0 heterocycles. The molecule has 336 valence electrons. The van der Waals surface area contributed by atoms with Gasteiger partial charge in [-0.3, -0.25) is 15.7 Å². The molecular formula is C49H100N8. The standard InChI is InChI=1S/C49H100N8/c1-5-7-9-11-13-15-17-19-21-23-25-27-29-31-33-35-39-56(45-46(3)43-54-48(50)51)40-37-38-42-57(47(4)44-55-49(52)53)41-36-34-32-30-28-26-24-22-20-18-16-14-12-10-8-6-2/h19-22,46-47H,5-18,23-45H2,1-4H3,(H4,50,51,54)(H4,52,53,55)/b21-19-,22-20-. The second kappa shape index (κ2) is 43.5. The molecule has 0 rings (SSSR count). The first kappa shape index (κ1) is 54.9. The molecule has 0 amide bonds. The Bertz CT molecular complexity index is 921. The second-order valence-electron chi connectivity index (χ2n) is 17.5. The highest BCUT2D eigenvalue weighted by Crippen LogP contribution is 2.14. The molecule has 0 aliphatic rings. The van der Waals surface area contributed by atoms with Gasteiger partial charge in [-0.15, -0.1) is 0 Å². The van der Waals surface area contributed by atoms with Crippen molar-refractivity contribution in [2.45, 2.75) is 226 Å². The molecule has 0 aromatic carbocycles. The fourth-order valence-corrected chi connectivity index (χ4v) is 7.82. The van der Waals surface area contributed by atoms with Gasteiger partial charge < -0.3 is 27.0 Å². The quantitative estimate of drug-likeness (QED) is 0.0157. The van der Waals surface area contributed by atoms with Crippen molar-refractivity contribution in [1.29, 1.82) is 10.8 Å². The lowest BCUT2D eigenvalue weighted by molar-refractivity contribution is 0.188. The summed E-state index contributed by atoms with van der Waals surface area (Å²) in [5.74, 6) is 0.579. The molecule has 0 saturated carbocycles. The zero-order chi connectivity index (χ0) is 41.9. The van der Waals surface area contributed by atoms with E-state index in [-0.39, 0.29) is 11.9 Å². The lowest BCUT2D eigenvalue weighted by atomic mass is 10.1. The van der Waals surface area contributed by atoms with E-state index in [2.05, 4.69) is 72.4 Å².